The van der Waals surface area contributed by atoms with Crippen molar-refractivity contribution in [2.75, 3.05) is 0 Å². The Labute approximate surface area is 131 Å². The van der Waals surface area contributed by atoms with E-state index >= 15 is 0 Å². The molecule has 12 heavy (non-hydrogen) atoms. The van der Waals surface area contributed by atoms with Crippen molar-refractivity contribution in [3.63, 3.8) is 0 Å². The number of halogens is 1. The second-order valence-electron chi connectivity index (χ2n) is 2.20. The Morgan fingerprint density at radius 2 is 1.58 bits per heavy atom. The molecule has 1 aromatic carbocycles. The summed E-state index contributed by atoms with van der Waals surface area (Å²) >= 11 is 0. The first kappa shape index (κ1) is 13.0. The molecule has 0 amide bonds. The van der Waals surface area contributed by atoms with E-state index in [1.807, 2.05) is 30.5 Å². The van der Waals surface area contributed by atoms with Crippen LogP contribution in [0, 0.1) is 0 Å². The third-order valence-corrected chi connectivity index (χ3v) is 1.51. The van der Waals surface area contributed by atoms with E-state index in [0.29, 0.717) is 0 Å². The predicted molar refractivity (Wildman–Crippen MR) is 41.7 cm³/mol. The van der Waals surface area contributed by atoms with E-state index in [4.69, 9.17) is 0 Å². The van der Waals surface area contributed by atoms with Crippen molar-refractivity contribution in [2.45, 2.75) is 0 Å². The molecule has 0 spiro atoms. The molecule has 56 valence electrons. The maximum Gasteiger partial charge on any atom is 1.00 e. The fraction of sp³-hybridized carbons (Fsp3) is 0. The van der Waals surface area contributed by atoms with E-state index in [-0.39, 0.29) is 75.4 Å². The van der Waals surface area contributed by atoms with Gasteiger partial charge in [0.15, 0.2) is 0 Å². The summed E-state index contributed by atoms with van der Waals surface area (Å²) < 4.78 is 0. The molecule has 1 nitrogen and oxygen atoms in total. The molecule has 0 N–H and O–H groups in total. The number of rotatable bonds is 0. The molecule has 1 aromatic heterocycles. The zero-order valence-electron chi connectivity index (χ0n) is 6.87. The molecule has 0 saturated heterocycles. The van der Waals surface area contributed by atoms with Crippen molar-refractivity contribution in [1.29, 1.82) is 0 Å². The Balaban J connectivity index is 0.000000605. The zero-order chi connectivity index (χ0) is 6.81. The number of para-hydroxylation sites is 1. The number of benzene rings is 1. The maximum absolute atomic E-state index is 4.18. The molecule has 3 heteroatoms. The van der Waals surface area contributed by atoms with Crippen molar-refractivity contribution in [1.82, 2.24) is 4.98 Å². The van der Waals surface area contributed by atoms with Crippen molar-refractivity contribution in [3.05, 3.63) is 42.6 Å². The van der Waals surface area contributed by atoms with Crippen LogP contribution < -0.4 is 75.4 Å². The summed E-state index contributed by atoms with van der Waals surface area (Å²) in [5.74, 6) is 0. The second kappa shape index (κ2) is 6.45. The average Bonchev–Trinajstić information content (AvgIpc) is 2.05. The minimum absolute atomic E-state index is 0. The Morgan fingerprint density at radius 3 is 2.33 bits per heavy atom. The second-order valence-corrected chi connectivity index (χ2v) is 2.20. The van der Waals surface area contributed by atoms with Crippen molar-refractivity contribution in [2.24, 2.45) is 0 Å². The van der Waals surface area contributed by atoms with Crippen LogP contribution in [0.25, 0.3) is 10.9 Å². The summed E-state index contributed by atoms with van der Waals surface area (Å²) in [6.07, 6.45) is 1.81. The molecule has 0 radical (unpaired) electrons. The fourth-order valence-electron chi connectivity index (χ4n) is 1.02. The molecule has 0 aliphatic carbocycles. The van der Waals surface area contributed by atoms with Gasteiger partial charge in [0.1, 0.15) is 0 Å². The predicted octanol–water partition coefficient (Wildman–Crippen LogP) is -3.76. The van der Waals surface area contributed by atoms with Crippen LogP contribution >= 0.6 is 0 Å². The first-order chi connectivity index (χ1) is 4.97. The summed E-state index contributed by atoms with van der Waals surface area (Å²) in [7, 11) is 0. The first-order valence-electron chi connectivity index (χ1n) is 3.26. The summed E-state index contributed by atoms with van der Waals surface area (Å²) in [5.41, 5.74) is 1.06. The molecule has 1 heterocycles. The van der Waals surface area contributed by atoms with Crippen LogP contribution in [0.5, 0.6) is 0 Å². The number of hydrogen-bond donors (Lipinski definition) is 0. The fourth-order valence-corrected chi connectivity index (χ4v) is 1.02. The summed E-state index contributed by atoms with van der Waals surface area (Å²) in [5, 5.41) is 1.20. The molecule has 2 rings (SSSR count). The zero-order valence-corrected chi connectivity index (χ0v) is 12.1. The maximum atomic E-state index is 4.18. The van der Waals surface area contributed by atoms with Crippen LogP contribution in [-0.2, 0) is 0 Å². The molecule has 0 unspecified atom stereocenters. The molecule has 2 aromatic rings. The Hall–Kier alpha value is 0.996. The molecule has 0 fully saturated rings. The Kier molecular flexibility index (Phi) is 6.99. The minimum Gasteiger partial charge on any atom is -1.00 e. The molecule has 0 aliphatic rings. The SMILES string of the molecule is [I-].[K+].c1ccc2ncccc2c1. The van der Waals surface area contributed by atoms with Gasteiger partial charge >= 0.3 is 51.4 Å². The molecule has 0 saturated carbocycles. The Morgan fingerprint density at radius 1 is 0.917 bits per heavy atom. The number of hydrogen-bond acceptors (Lipinski definition) is 1. The summed E-state index contributed by atoms with van der Waals surface area (Å²) in [6.45, 7) is 0. The van der Waals surface area contributed by atoms with Crippen LogP contribution in [0.2, 0.25) is 0 Å². The van der Waals surface area contributed by atoms with Gasteiger partial charge in [0.2, 0.25) is 0 Å². The van der Waals surface area contributed by atoms with Crippen molar-refractivity contribution in [3.8, 4) is 0 Å². The number of nitrogens with zero attached hydrogens (tertiary/aromatic N) is 1. The van der Waals surface area contributed by atoms with Gasteiger partial charge in [-0.15, -0.1) is 0 Å². The first-order valence-corrected chi connectivity index (χ1v) is 3.26. The number of pyridine rings is 1. The van der Waals surface area contributed by atoms with Crippen molar-refractivity contribution >= 4 is 10.9 Å². The monoisotopic (exact) mass is 295 g/mol. The molecule has 0 atom stereocenters. The molecular weight excluding hydrogens is 288 g/mol. The van der Waals surface area contributed by atoms with Gasteiger partial charge in [-0.3, -0.25) is 4.98 Å². The van der Waals surface area contributed by atoms with Gasteiger partial charge in [-0.25, -0.2) is 0 Å². The van der Waals surface area contributed by atoms with E-state index in [2.05, 4.69) is 17.1 Å². The molecule has 0 bridgehead atoms. The van der Waals surface area contributed by atoms with E-state index in [1.54, 1.807) is 0 Å². The van der Waals surface area contributed by atoms with E-state index in [0.717, 1.165) is 5.52 Å². The quantitative estimate of drug-likeness (QED) is 0.359. The Bertz CT molecular complexity index is 286. The topological polar surface area (TPSA) is 12.9 Å². The normalized spacial score (nSPS) is 8.33. The van der Waals surface area contributed by atoms with Crippen LogP contribution in [0.3, 0.4) is 0 Å². The van der Waals surface area contributed by atoms with Gasteiger partial charge in [0.25, 0.3) is 0 Å². The van der Waals surface area contributed by atoms with Gasteiger partial charge in [-0.2, -0.15) is 0 Å². The van der Waals surface area contributed by atoms with E-state index in [1.165, 1.54) is 5.39 Å². The smallest absolute Gasteiger partial charge is 1.00 e. The van der Waals surface area contributed by atoms with Gasteiger partial charge in [-0.1, -0.05) is 24.3 Å². The van der Waals surface area contributed by atoms with Crippen LogP contribution in [0.1, 0.15) is 0 Å². The van der Waals surface area contributed by atoms with Crippen LogP contribution in [0.15, 0.2) is 42.6 Å². The van der Waals surface area contributed by atoms with Gasteiger partial charge < -0.3 is 24.0 Å². The summed E-state index contributed by atoms with van der Waals surface area (Å²) in [4.78, 5) is 4.18. The largest absolute Gasteiger partial charge is 1.00 e. The minimum atomic E-state index is 0. The average molecular weight is 295 g/mol. The summed E-state index contributed by atoms with van der Waals surface area (Å²) in [6, 6.07) is 12.1. The standard InChI is InChI=1S/C9H7N.HI.K/c1-2-6-9-8(4-1)5-3-7-10-9;;/h1-7H;1H;/q;;+1/p-1. The third kappa shape index (κ3) is 3.05. The van der Waals surface area contributed by atoms with E-state index < -0.39 is 0 Å². The molecule has 0 aliphatic heterocycles. The van der Waals surface area contributed by atoms with Crippen LogP contribution in [-0.4, -0.2) is 4.98 Å². The van der Waals surface area contributed by atoms with Crippen LogP contribution in [0.4, 0.5) is 0 Å². The van der Waals surface area contributed by atoms with E-state index in [9.17, 15) is 0 Å². The third-order valence-electron chi connectivity index (χ3n) is 1.51. The number of fused-ring (bicyclic) bond motifs is 1. The van der Waals surface area contributed by atoms with Gasteiger partial charge in [-0.05, 0) is 12.1 Å². The van der Waals surface area contributed by atoms with Gasteiger partial charge in [0, 0.05) is 11.6 Å². The number of aromatic nitrogens is 1. The van der Waals surface area contributed by atoms with Gasteiger partial charge in [0.05, 0.1) is 5.52 Å². The molecular formula is C9H7IKN. The van der Waals surface area contributed by atoms with Crippen molar-refractivity contribution < 1.29 is 75.4 Å².